The van der Waals surface area contributed by atoms with Crippen LogP contribution in [0.15, 0.2) is 36.5 Å². The Labute approximate surface area is 183 Å². The van der Waals surface area contributed by atoms with Gasteiger partial charge in [0, 0.05) is 31.3 Å². The second-order valence-electron chi connectivity index (χ2n) is 7.65. The van der Waals surface area contributed by atoms with E-state index in [1.807, 2.05) is 36.9 Å². The first kappa shape index (κ1) is 21.3. The summed E-state index contributed by atoms with van der Waals surface area (Å²) >= 11 is 0. The number of para-hydroxylation sites is 1. The number of nitrogens with one attached hydrogen (secondary N) is 1. The lowest BCUT2D eigenvalue weighted by Gasteiger charge is -2.16. The third kappa shape index (κ3) is 4.28. The van der Waals surface area contributed by atoms with E-state index in [4.69, 9.17) is 15.6 Å². The summed E-state index contributed by atoms with van der Waals surface area (Å²) in [5.41, 5.74) is 10.9. The molecule has 0 spiro atoms. The summed E-state index contributed by atoms with van der Waals surface area (Å²) in [6, 6.07) is 9.77. The maximum Gasteiger partial charge on any atom is 0.166 e. The van der Waals surface area contributed by atoms with E-state index >= 15 is 0 Å². The van der Waals surface area contributed by atoms with Crippen molar-refractivity contribution in [3.8, 4) is 17.0 Å². The first-order valence-corrected chi connectivity index (χ1v) is 12.2. The SMILES string of the molecule is CCC(=O)c1cnc(N)cc1Nc1cccc(-c2cc(P3CCCC3)n(C)n2)c1OC. The molecular weight excluding hydrogens is 409 g/mol. The Kier molecular flexibility index (Phi) is 6.23. The number of Topliss-reactive ketones (excluding diaryl/α,β-unsaturated/α-hetero) is 1. The number of hydrogen-bond acceptors (Lipinski definition) is 6. The van der Waals surface area contributed by atoms with Gasteiger partial charge in [-0.05, 0) is 43.4 Å². The maximum atomic E-state index is 12.4. The molecule has 4 rings (SSSR count). The third-order valence-electron chi connectivity index (χ3n) is 5.60. The van der Waals surface area contributed by atoms with Crippen molar-refractivity contribution >= 4 is 36.3 Å². The van der Waals surface area contributed by atoms with Crippen LogP contribution in [0.5, 0.6) is 5.75 Å². The van der Waals surface area contributed by atoms with Crippen molar-refractivity contribution in [2.24, 2.45) is 7.05 Å². The predicted molar refractivity (Wildman–Crippen MR) is 127 cm³/mol. The minimum atomic E-state index is -0.124. The highest BCUT2D eigenvalue weighted by Crippen LogP contribution is 2.44. The van der Waals surface area contributed by atoms with Crippen molar-refractivity contribution in [2.75, 3.05) is 30.5 Å². The molecule has 3 heterocycles. The predicted octanol–water partition coefficient (Wildman–Crippen LogP) is 4.31. The van der Waals surface area contributed by atoms with Crippen LogP contribution in [-0.2, 0) is 7.05 Å². The van der Waals surface area contributed by atoms with E-state index in [0.29, 0.717) is 29.2 Å². The lowest BCUT2D eigenvalue weighted by atomic mass is 10.1. The molecule has 1 aliphatic rings. The molecule has 1 aromatic carbocycles. The highest BCUT2D eigenvalue weighted by molar-refractivity contribution is 7.65. The topological polar surface area (TPSA) is 95.1 Å². The molecule has 8 heteroatoms. The van der Waals surface area contributed by atoms with Crippen molar-refractivity contribution in [3.63, 3.8) is 0 Å². The van der Waals surface area contributed by atoms with E-state index in [9.17, 15) is 4.79 Å². The minimum absolute atomic E-state index is 0.00151. The Bertz CT molecular complexity index is 1110. The van der Waals surface area contributed by atoms with Gasteiger partial charge >= 0.3 is 0 Å². The van der Waals surface area contributed by atoms with Crippen LogP contribution < -0.4 is 21.2 Å². The van der Waals surface area contributed by atoms with Crippen molar-refractivity contribution in [1.29, 1.82) is 0 Å². The molecule has 0 amide bonds. The summed E-state index contributed by atoms with van der Waals surface area (Å²) in [5.74, 6) is 1.02. The number of carbonyl (C=O) groups is 1. The van der Waals surface area contributed by atoms with Crippen molar-refractivity contribution in [3.05, 3.63) is 42.1 Å². The van der Waals surface area contributed by atoms with Crippen LogP contribution in [0, 0.1) is 0 Å². The van der Waals surface area contributed by atoms with Gasteiger partial charge in [0.2, 0.25) is 0 Å². The average molecular weight is 437 g/mol. The smallest absolute Gasteiger partial charge is 0.166 e. The van der Waals surface area contributed by atoms with Gasteiger partial charge in [-0.15, -0.1) is 0 Å². The number of nitrogen functional groups attached to an aromatic ring is 1. The molecule has 0 unspecified atom stereocenters. The van der Waals surface area contributed by atoms with E-state index in [-0.39, 0.29) is 13.7 Å². The van der Waals surface area contributed by atoms with Gasteiger partial charge in [-0.25, -0.2) is 4.98 Å². The second kappa shape index (κ2) is 9.06. The van der Waals surface area contributed by atoms with Crippen LogP contribution >= 0.6 is 7.92 Å². The standard InChI is InChI=1S/C23H28N5O2P/c1-4-20(29)16-14-25-21(24)12-18(16)26-17-9-7-8-15(23(17)30-3)19-13-22(28(2)27-19)31-10-5-6-11-31/h7-9,12-14H,4-6,10-11H2,1-3H3,(H3,24,25,26). The van der Waals surface area contributed by atoms with Gasteiger partial charge in [0.05, 0.1) is 35.2 Å². The Morgan fingerprint density at radius 2 is 2.03 bits per heavy atom. The monoisotopic (exact) mass is 437 g/mol. The number of aryl methyl sites for hydroxylation is 1. The highest BCUT2D eigenvalue weighted by Gasteiger charge is 2.23. The molecule has 0 atom stereocenters. The minimum Gasteiger partial charge on any atom is -0.494 e. The number of carbonyl (C=O) groups excluding carboxylic acids is 1. The normalized spacial score (nSPS) is 14.0. The summed E-state index contributed by atoms with van der Waals surface area (Å²) in [7, 11) is 3.55. The summed E-state index contributed by atoms with van der Waals surface area (Å²) < 4.78 is 7.82. The van der Waals surface area contributed by atoms with Crippen LogP contribution in [0.1, 0.15) is 36.5 Å². The summed E-state index contributed by atoms with van der Waals surface area (Å²) in [4.78, 5) is 16.5. The number of pyridine rings is 1. The molecular formula is C23H28N5O2P. The molecule has 1 aliphatic heterocycles. The van der Waals surface area contributed by atoms with Crippen LogP contribution in [-0.4, -0.2) is 40.0 Å². The van der Waals surface area contributed by atoms with E-state index in [1.165, 1.54) is 36.8 Å². The van der Waals surface area contributed by atoms with Gasteiger partial charge in [-0.3, -0.25) is 9.48 Å². The lowest BCUT2D eigenvalue weighted by Crippen LogP contribution is -2.13. The molecule has 0 aliphatic carbocycles. The Hall–Kier alpha value is -2.92. The zero-order valence-corrected chi connectivity index (χ0v) is 19.1. The molecule has 31 heavy (non-hydrogen) atoms. The number of aromatic nitrogens is 3. The number of nitrogens with zero attached hydrogens (tertiary/aromatic N) is 3. The molecule has 162 valence electrons. The van der Waals surface area contributed by atoms with Crippen LogP contribution in [0.3, 0.4) is 0 Å². The number of ether oxygens (including phenoxy) is 1. The largest absolute Gasteiger partial charge is 0.494 e. The number of methoxy groups -OCH3 is 1. The van der Waals surface area contributed by atoms with Crippen LogP contribution in [0.25, 0.3) is 11.3 Å². The van der Waals surface area contributed by atoms with Crippen molar-refractivity contribution < 1.29 is 9.53 Å². The maximum absolute atomic E-state index is 12.4. The number of hydrogen-bond donors (Lipinski definition) is 2. The number of ketones is 1. The molecule has 0 bridgehead atoms. The quantitative estimate of drug-likeness (QED) is 0.423. The summed E-state index contributed by atoms with van der Waals surface area (Å²) in [6.45, 7) is 1.83. The van der Waals surface area contributed by atoms with E-state index in [0.717, 1.165) is 16.9 Å². The Morgan fingerprint density at radius 3 is 2.74 bits per heavy atom. The molecule has 3 aromatic rings. The number of anilines is 3. The van der Waals surface area contributed by atoms with E-state index in [1.54, 1.807) is 13.2 Å². The Morgan fingerprint density at radius 1 is 1.26 bits per heavy atom. The summed E-state index contributed by atoms with van der Waals surface area (Å²) in [6.07, 6.45) is 7.09. The first-order valence-electron chi connectivity index (χ1n) is 10.5. The van der Waals surface area contributed by atoms with E-state index in [2.05, 4.69) is 16.4 Å². The van der Waals surface area contributed by atoms with Crippen molar-refractivity contribution in [1.82, 2.24) is 14.8 Å². The highest BCUT2D eigenvalue weighted by atomic mass is 31.1. The molecule has 2 aromatic heterocycles. The number of nitrogens with two attached hydrogens (primary N) is 1. The lowest BCUT2D eigenvalue weighted by molar-refractivity contribution is 0.0988. The average Bonchev–Trinajstić information content (AvgIpc) is 3.42. The first-order chi connectivity index (χ1) is 15.0. The Balaban J connectivity index is 1.73. The van der Waals surface area contributed by atoms with Gasteiger partial charge in [0.25, 0.3) is 0 Å². The molecule has 0 radical (unpaired) electrons. The molecule has 0 saturated carbocycles. The third-order valence-corrected chi connectivity index (χ3v) is 8.37. The van der Waals surface area contributed by atoms with Gasteiger partial charge in [0.1, 0.15) is 5.82 Å². The molecule has 1 saturated heterocycles. The zero-order valence-electron chi connectivity index (χ0n) is 18.2. The number of rotatable bonds is 7. The van der Waals surface area contributed by atoms with Gasteiger partial charge in [-0.1, -0.05) is 20.9 Å². The fraction of sp³-hybridized carbons (Fsp3) is 0.348. The van der Waals surface area contributed by atoms with Crippen LogP contribution in [0.4, 0.5) is 17.2 Å². The van der Waals surface area contributed by atoms with Crippen molar-refractivity contribution in [2.45, 2.75) is 26.2 Å². The summed E-state index contributed by atoms with van der Waals surface area (Å²) in [5, 5.41) is 8.13. The van der Waals surface area contributed by atoms with Crippen LogP contribution in [0.2, 0.25) is 0 Å². The molecule has 1 fully saturated rings. The van der Waals surface area contributed by atoms with Gasteiger partial charge < -0.3 is 15.8 Å². The van der Waals surface area contributed by atoms with E-state index < -0.39 is 0 Å². The second-order valence-corrected chi connectivity index (χ2v) is 10.1. The molecule has 7 nitrogen and oxygen atoms in total. The number of benzene rings is 1. The fourth-order valence-electron chi connectivity index (χ4n) is 4.02. The fourth-order valence-corrected chi connectivity index (χ4v) is 6.67. The zero-order chi connectivity index (χ0) is 22.0. The van der Waals surface area contributed by atoms with Gasteiger partial charge in [-0.2, -0.15) is 5.10 Å². The van der Waals surface area contributed by atoms with Gasteiger partial charge in [0.15, 0.2) is 11.5 Å². The molecule has 3 N–H and O–H groups in total.